The molecular weight excluding hydrogens is 603 g/mol. The Bertz CT molecular complexity index is 2190. The molecule has 0 fully saturated rings. The van der Waals surface area contributed by atoms with Crippen molar-refractivity contribution < 1.29 is 30.0 Å². The molecule has 2 aromatic heterocycles. The van der Waals surface area contributed by atoms with Gasteiger partial charge in [-0.3, -0.25) is 0 Å². The molecule has 3 heteroatoms. The van der Waals surface area contributed by atoms with Crippen LogP contribution in [0.3, 0.4) is 0 Å². The summed E-state index contributed by atoms with van der Waals surface area (Å²) in [4.78, 5) is 0. The SMILES string of the molecule is Cc1ccc2c(c1)oc1cc([I-]c3ccc4oc5cccc(-c6ccccc6)c5c4c3)cc(-c3ccccc3)c12. The third-order valence-corrected chi connectivity index (χ3v) is 10.1. The summed E-state index contributed by atoms with van der Waals surface area (Å²) >= 11 is -0.470. The second-order valence-corrected chi connectivity index (χ2v) is 13.2. The fourth-order valence-corrected chi connectivity index (χ4v) is 8.17. The summed E-state index contributed by atoms with van der Waals surface area (Å²) in [6.07, 6.45) is 0. The van der Waals surface area contributed by atoms with E-state index < -0.39 is 21.2 Å². The van der Waals surface area contributed by atoms with Gasteiger partial charge in [-0.05, 0) is 0 Å². The Morgan fingerprint density at radius 2 is 1.18 bits per heavy atom. The van der Waals surface area contributed by atoms with Crippen LogP contribution in [-0.4, -0.2) is 0 Å². The number of benzene rings is 6. The maximum atomic E-state index is 6.46. The van der Waals surface area contributed by atoms with E-state index in [1.165, 1.54) is 56.5 Å². The van der Waals surface area contributed by atoms with Crippen LogP contribution in [0.2, 0.25) is 0 Å². The minimum atomic E-state index is -0.470. The third kappa shape index (κ3) is 3.92. The molecule has 2 heterocycles. The Labute approximate surface area is 242 Å². The van der Waals surface area contributed by atoms with Crippen LogP contribution in [-0.2, 0) is 0 Å². The first-order chi connectivity index (χ1) is 19.7. The molecule has 192 valence electrons. The molecule has 40 heavy (non-hydrogen) atoms. The Balaban J connectivity index is 1.29. The molecule has 0 bridgehead atoms. The van der Waals surface area contributed by atoms with Crippen molar-refractivity contribution in [2.24, 2.45) is 0 Å². The van der Waals surface area contributed by atoms with Crippen LogP contribution in [0.4, 0.5) is 0 Å². The van der Waals surface area contributed by atoms with Crippen molar-refractivity contribution >= 4 is 43.9 Å². The zero-order valence-corrected chi connectivity index (χ0v) is 24.0. The Kier molecular flexibility index (Phi) is 5.52. The number of rotatable bonds is 4. The number of aryl methyl sites for hydroxylation is 1. The third-order valence-electron chi connectivity index (χ3n) is 7.54. The molecule has 0 amide bonds. The van der Waals surface area contributed by atoms with Crippen molar-refractivity contribution in [1.29, 1.82) is 0 Å². The van der Waals surface area contributed by atoms with Gasteiger partial charge >= 0.3 is 243 Å². The molecule has 8 rings (SSSR count). The normalized spacial score (nSPS) is 11.8. The zero-order valence-electron chi connectivity index (χ0n) is 21.8. The van der Waals surface area contributed by atoms with E-state index in [-0.39, 0.29) is 0 Å². The Morgan fingerprint density at radius 3 is 1.98 bits per heavy atom. The van der Waals surface area contributed by atoms with E-state index in [1.54, 1.807) is 0 Å². The topological polar surface area (TPSA) is 26.3 Å². The first-order valence-corrected chi connectivity index (χ1v) is 15.5. The second-order valence-electron chi connectivity index (χ2n) is 10.2. The van der Waals surface area contributed by atoms with Gasteiger partial charge in [0.1, 0.15) is 0 Å². The summed E-state index contributed by atoms with van der Waals surface area (Å²) in [6, 6.07) is 45.4. The van der Waals surface area contributed by atoms with Crippen molar-refractivity contribution in [2.45, 2.75) is 6.92 Å². The van der Waals surface area contributed by atoms with Crippen LogP contribution >= 0.6 is 0 Å². The summed E-state index contributed by atoms with van der Waals surface area (Å²) in [7, 11) is 0. The molecule has 0 saturated carbocycles. The van der Waals surface area contributed by atoms with Crippen molar-refractivity contribution in [2.75, 3.05) is 0 Å². The molecule has 0 unspecified atom stereocenters. The predicted octanol–water partition coefficient (Wildman–Crippen LogP) is 7.26. The first kappa shape index (κ1) is 23.5. The number of hydrogen-bond donors (Lipinski definition) is 0. The summed E-state index contributed by atoms with van der Waals surface area (Å²) in [5, 5.41) is 4.72. The fourth-order valence-electron chi connectivity index (χ4n) is 5.72. The Hall–Kier alpha value is -4.35. The molecule has 0 atom stereocenters. The first-order valence-electron chi connectivity index (χ1n) is 13.4. The molecule has 0 spiro atoms. The summed E-state index contributed by atoms with van der Waals surface area (Å²) in [6.45, 7) is 2.11. The van der Waals surface area contributed by atoms with Gasteiger partial charge in [0.15, 0.2) is 0 Å². The van der Waals surface area contributed by atoms with Crippen molar-refractivity contribution in [3.63, 3.8) is 0 Å². The molecule has 0 aliphatic rings. The molecule has 8 aromatic rings. The molecule has 0 aliphatic heterocycles. The quantitative estimate of drug-likeness (QED) is 0.192. The van der Waals surface area contributed by atoms with Crippen LogP contribution in [0.5, 0.6) is 0 Å². The van der Waals surface area contributed by atoms with E-state index in [1.807, 2.05) is 0 Å². The maximum absolute atomic E-state index is 6.46. The monoisotopic (exact) mass is 627 g/mol. The average molecular weight is 628 g/mol. The van der Waals surface area contributed by atoms with Crippen molar-refractivity contribution in [3.8, 4) is 22.3 Å². The number of hydrogen-bond acceptors (Lipinski definition) is 2. The molecule has 6 aromatic carbocycles. The predicted molar refractivity (Wildman–Crippen MR) is 160 cm³/mol. The molecule has 0 N–H and O–H groups in total. The fraction of sp³-hybridized carbons (Fsp3) is 0.0270. The summed E-state index contributed by atoms with van der Waals surface area (Å²) < 4.78 is 15.4. The van der Waals surface area contributed by atoms with Crippen LogP contribution in [0.1, 0.15) is 5.56 Å². The minimum absolute atomic E-state index is 0.470. The van der Waals surface area contributed by atoms with Gasteiger partial charge in [0.2, 0.25) is 0 Å². The Morgan fingerprint density at radius 1 is 0.450 bits per heavy atom. The summed E-state index contributed by atoms with van der Waals surface area (Å²) in [5.74, 6) is 0. The van der Waals surface area contributed by atoms with E-state index >= 15 is 0 Å². The average Bonchev–Trinajstić information content (AvgIpc) is 3.55. The van der Waals surface area contributed by atoms with Crippen LogP contribution < -0.4 is 21.2 Å². The van der Waals surface area contributed by atoms with Gasteiger partial charge in [0.25, 0.3) is 0 Å². The molecule has 0 saturated heterocycles. The van der Waals surface area contributed by atoms with Crippen molar-refractivity contribution in [1.82, 2.24) is 0 Å². The van der Waals surface area contributed by atoms with Gasteiger partial charge < -0.3 is 0 Å². The van der Waals surface area contributed by atoms with E-state index in [0.717, 1.165) is 22.3 Å². The second kappa shape index (κ2) is 9.39. The zero-order chi connectivity index (χ0) is 26.6. The summed E-state index contributed by atoms with van der Waals surface area (Å²) in [5.41, 5.74) is 9.82. The van der Waals surface area contributed by atoms with Gasteiger partial charge in [-0.25, -0.2) is 0 Å². The van der Waals surface area contributed by atoms with E-state index in [2.05, 4.69) is 134 Å². The van der Waals surface area contributed by atoms with Crippen molar-refractivity contribution in [3.05, 3.63) is 140 Å². The number of furan rings is 2. The number of fused-ring (bicyclic) bond motifs is 6. The van der Waals surface area contributed by atoms with Gasteiger partial charge in [0, 0.05) is 0 Å². The van der Waals surface area contributed by atoms with E-state index in [0.29, 0.717) is 0 Å². The van der Waals surface area contributed by atoms with E-state index in [4.69, 9.17) is 8.83 Å². The molecule has 0 aliphatic carbocycles. The standard InChI is InChI=1S/C37H24IO2/c1-23-15-17-29-34(19-23)40-35-22-27(21-30(37(29)35)25-11-6-3-7-12-25)38-26-16-18-32-31(20-26)36-28(13-8-14-33(36)39-32)24-9-4-2-5-10-24/h2-22H,1H3/q-1. The number of halogens is 1. The van der Waals surface area contributed by atoms with Crippen LogP contribution in [0, 0.1) is 14.1 Å². The molecular formula is C37H24IO2-. The van der Waals surface area contributed by atoms with E-state index in [9.17, 15) is 0 Å². The van der Waals surface area contributed by atoms with Gasteiger partial charge in [0.05, 0.1) is 0 Å². The van der Waals surface area contributed by atoms with Crippen LogP contribution in [0.25, 0.3) is 66.1 Å². The molecule has 2 nitrogen and oxygen atoms in total. The van der Waals surface area contributed by atoms with Gasteiger partial charge in [-0.15, -0.1) is 0 Å². The van der Waals surface area contributed by atoms with Gasteiger partial charge in [-0.1, -0.05) is 0 Å². The van der Waals surface area contributed by atoms with Crippen LogP contribution in [0.15, 0.2) is 136 Å². The molecule has 0 radical (unpaired) electrons. The van der Waals surface area contributed by atoms with Gasteiger partial charge in [-0.2, -0.15) is 0 Å².